The van der Waals surface area contributed by atoms with Crippen LogP contribution in [0.1, 0.15) is 18.7 Å². The topological polar surface area (TPSA) is 69.0 Å². The van der Waals surface area contributed by atoms with E-state index in [0.29, 0.717) is 29.6 Å². The summed E-state index contributed by atoms with van der Waals surface area (Å²) in [6, 6.07) is 1.34. The zero-order valence-corrected chi connectivity index (χ0v) is 11.5. The fourth-order valence-corrected chi connectivity index (χ4v) is 1.89. The predicted molar refractivity (Wildman–Crippen MR) is 73.6 cm³/mol. The smallest absolute Gasteiger partial charge is 0.426 e. The second-order valence-corrected chi connectivity index (χ2v) is 5.09. The van der Waals surface area contributed by atoms with Crippen molar-refractivity contribution in [1.29, 1.82) is 0 Å². The van der Waals surface area contributed by atoms with Crippen molar-refractivity contribution in [3.8, 4) is 11.3 Å². The zero-order chi connectivity index (χ0) is 14.8. The number of hydrogen-bond donors (Lipinski definition) is 1. The van der Waals surface area contributed by atoms with Crippen LogP contribution >= 0.6 is 0 Å². The minimum atomic E-state index is -0.522. The molecule has 0 unspecified atom stereocenters. The van der Waals surface area contributed by atoms with Crippen molar-refractivity contribution in [3.05, 3.63) is 36.3 Å². The van der Waals surface area contributed by atoms with Gasteiger partial charge >= 0.3 is 6.09 Å². The summed E-state index contributed by atoms with van der Waals surface area (Å²) < 4.78 is 19.7. The average Bonchev–Trinajstić information content (AvgIpc) is 3.21. The molecule has 3 rings (SSSR count). The second-order valence-electron chi connectivity index (χ2n) is 5.09. The summed E-state index contributed by atoms with van der Waals surface area (Å²) in [6.45, 7) is 2.18. The number of imidazole rings is 1. The average molecular weight is 290 g/mol. The number of carbonyl (C=O) groups excluding carboxylic acids is 1. The van der Waals surface area contributed by atoms with Gasteiger partial charge < -0.3 is 4.74 Å². The Hall–Kier alpha value is -2.44. The summed E-state index contributed by atoms with van der Waals surface area (Å²) in [5, 5.41) is 0. The molecule has 0 aliphatic heterocycles. The van der Waals surface area contributed by atoms with E-state index < -0.39 is 11.9 Å². The molecule has 7 heteroatoms. The molecule has 2 heterocycles. The Morgan fingerprint density at radius 3 is 3.05 bits per heavy atom. The van der Waals surface area contributed by atoms with Crippen LogP contribution in [0.4, 0.5) is 9.18 Å². The SMILES string of the molecule is Cc1nc(-c2cncc(F)c2)cn1NC(=O)OCC1CC1. The summed E-state index contributed by atoms with van der Waals surface area (Å²) in [6.07, 6.45) is 5.96. The lowest BCUT2D eigenvalue weighted by Crippen LogP contribution is -2.24. The maximum absolute atomic E-state index is 13.2. The molecule has 110 valence electrons. The largest absolute Gasteiger partial charge is 0.448 e. The van der Waals surface area contributed by atoms with Gasteiger partial charge in [0.05, 0.1) is 24.7 Å². The number of ether oxygens (including phenoxy) is 1. The first-order valence-corrected chi connectivity index (χ1v) is 6.72. The Balaban J connectivity index is 1.70. The van der Waals surface area contributed by atoms with Crippen molar-refractivity contribution in [2.75, 3.05) is 12.0 Å². The van der Waals surface area contributed by atoms with Gasteiger partial charge in [0.2, 0.25) is 0 Å². The van der Waals surface area contributed by atoms with E-state index in [2.05, 4.69) is 15.4 Å². The number of rotatable bonds is 4. The van der Waals surface area contributed by atoms with Gasteiger partial charge in [-0.25, -0.2) is 24.3 Å². The molecule has 1 aliphatic carbocycles. The third-order valence-corrected chi connectivity index (χ3v) is 3.24. The minimum Gasteiger partial charge on any atom is -0.448 e. The molecule has 2 aromatic rings. The number of carbonyl (C=O) groups is 1. The highest BCUT2D eigenvalue weighted by atomic mass is 19.1. The Morgan fingerprint density at radius 1 is 1.52 bits per heavy atom. The monoisotopic (exact) mass is 290 g/mol. The fourth-order valence-electron chi connectivity index (χ4n) is 1.89. The first kappa shape index (κ1) is 13.5. The Labute approximate surface area is 120 Å². The van der Waals surface area contributed by atoms with Crippen LogP contribution in [0.2, 0.25) is 0 Å². The number of aromatic nitrogens is 3. The van der Waals surface area contributed by atoms with Crippen molar-refractivity contribution in [2.24, 2.45) is 5.92 Å². The summed E-state index contributed by atoms with van der Waals surface area (Å²) in [4.78, 5) is 19.7. The molecular weight excluding hydrogens is 275 g/mol. The van der Waals surface area contributed by atoms with Gasteiger partial charge in [-0.15, -0.1) is 0 Å². The first-order valence-electron chi connectivity index (χ1n) is 6.72. The van der Waals surface area contributed by atoms with Crippen LogP contribution in [0.15, 0.2) is 24.7 Å². The summed E-state index contributed by atoms with van der Waals surface area (Å²) in [7, 11) is 0. The van der Waals surface area contributed by atoms with Crippen molar-refractivity contribution in [1.82, 2.24) is 14.6 Å². The molecule has 1 saturated carbocycles. The summed E-state index contributed by atoms with van der Waals surface area (Å²) in [5.41, 5.74) is 3.65. The number of halogens is 1. The Morgan fingerprint density at radius 2 is 2.33 bits per heavy atom. The number of pyridine rings is 1. The van der Waals surface area contributed by atoms with E-state index in [0.717, 1.165) is 19.0 Å². The minimum absolute atomic E-state index is 0.434. The third-order valence-electron chi connectivity index (χ3n) is 3.24. The van der Waals surface area contributed by atoms with Crippen molar-refractivity contribution >= 4 is 6.09 Å². The fraction of sp³-hybridized carbons (Fsp3) is 0.357. The second kappa shape index (κ2) is 5.51. The van der Waals surface area contributed by atoms with Crippen LogP contribution in [0.3, 0.4) is 0 Å². The Kier molecular flexibility index (Phi) is 3.55. The molecule has 1 aliphatic rings. The number of nitrogens with zero attached hydrogens (tertiary/aromatic N) is 3. The van der Waals surface area contributed by atoms with E-state index in [1.165, 1.54) is 16.9 Å². The van der Waals surface area contributed by atoms with Crippen LogP contribution in [-0.4, -0.2) is 27.3 Å². The van der Waals surface area contributed by atoms with Crippen molar-refractivity contribution in [2.45, 2.75) is 19.8 Å². The van der Waals surface area contributed by atoms with Crippen molar-refractivity contribution in [3.63, 3.8) is 0 Å². The van der Waals surface area contributed by atoms with Crippen LogP contribution in [0, 0.1) is 18.7 Å². The molecule has 0 atom stereocenters. The lowest BCUT2D eigenvalue weighted by atomic mass is 10.2. The molecule has 1 amide bonds. The molecule has 21 heavy (non-hydrogen) atoms. The maximum Gasteiger partial charge on any atom is 0.426 e. The highest BCUT2D eigenvalue weighted by Crippen LogP contribution is 2.28. The molecule has 0 radical (unpaired) electrons. The standard InChI is InChI=1S/C14H15FN4O2/c1-9-17-13(11-4-12(15)6-16-5-11)7-19(9)18-14(20)21-8-10-2-3-10/h4-7,10H,2-3,8H2,1H3,(H,18,20). The van der Waals surface area contributed by atoms with Crippen LogP contribution in [0.5, 0.6) is 0 Å². The van der Waals surface area contributed by atoms with Gasteiger partial charge in [0.15, 0.2) is 0 Å². The first-order chi connectivity index (χ1) is 10.1. The van der Waals surface area contributed by atoms with E-state index in [4.69, 9.17) is 4.74 Å². The lowest BCUT2D eigenvalue weighted by Gasteiger charge is -2.07. The summed E-state index contributed by atoms with van der Waals surface area (Å²) >= 11 is 0. The maximum atomic E-state index is 13.2. The number of aryl methyl sites for hydroxylation is 1. The van der Waals surface area contributed by atoms with Gasteiger partial charge in [-0.3, -0.25) is 4.98 Å². The van der Waals surface area contributed by atoms with E-state index >= 15 is 0 Å². The molecule has 2 aromatic heterocycles. The Bertz CT molecular complexity index is 667. The molecule has 6 nitrogen and oxygen atoms in total. The van der Waals surface area contributed by atoms with Gasteiger partial charge in [-0.05, 0) is 31.7 Å². The van der Waals surface area contributed by atoms with E-state index in [1.807, 2.05) is 0 Å². The molecule has 0 aromatic carbocycles. The molecule has 0 bridgehead atoms. The van der Waals surface area contributed by atoms with Crippen LogP contribution in [0.25, 0.3) is 11.3 Å². The van der Waals surface area contributed by atoms with Gasteiger partial charge in [0.1, 0.15) is 11.6 Å². The molecule has 0 saturated heterocycles. The third kappa shape index (κ3) is 3.36. The van der Waals surface area contributed by atoms with Gasteiger partial charge in [0, 0.05) is 11.8 Å². The predicted octanol–water partition coefficient (Wildman–Crippen LogP) is 2.48. The van der Waals surface area contributed by atoms with E-state index in [1.54, 1.807) is 13.1 Å². The van der Waals surface area contributed by atoms with E-state index in [9.17, 15) is 9.18 Å². The van der Waals surface area contributed by atoms with Gasteiger partial charge in [0.25, 0.3) is 0 Å². The van der Waals surface area contributed by atoms with Crippen molar-refractivity contribution < 1.29 is 13.9 Å². The van der Waals surface area contributed by atoms with Crippen LogP contribution < -0.4 is 5.43 Å². The quantitative estimate of drug-likeness (QED) is 0.939. The highest BCUT2D eigenvalue weighted by molar-refractivity contribution is 5.76. The van der Waals surface area contributed by atoms with Crippen LogP contribution in [-0.2, 0) is 4.74 Å². The van der Waals surface area contributed by atoms with Gasteiger partial charge in [-0.1, -0.05) is 0 Å². The molecule has 1 fully saturated rings. The lowest BCUT2D eigenvalue weighted by molar-refractivity contribution is 0.153. The highest BCUT2D eigenvalue weighted by Gasteiger charge is 2.23. The molecule has 0 spiro atoms. The number of amides is 1. The zero-order valence-electron chi connectivity index (χ0n) is 11.5. The van der Waals surface area contributed by atoms with E-state index in [-0.39, 0.29) is 0 Å². The molecular formula is C14H15FN4O2. The number of nitrogens with one attached hydrogen (secondary N) is 1. The van der Waals surface area contributed by atoms with Gasteiger partial charge in [-0.2, -0.15) is 0 Å². The number of hydrogen-bond acceptors (Lipinski definition) is 4. The summed E-state index contributed by atoms with van der Waals surface area (Å²) in [5.74, 6) is 0.641. The normalized spacial score (nSPS) is 14.0. The molecule has 1 N–H and O–H groups in total.